The van der Waals surface area contributed by atoms with Gasteiger partial charge in [-0.05, 0) is 55.5 Å². The second-order valence-electron chi connectivity index (χ2n) is 9.07. The van der Waals surface area contributed by atoms with Crippen molar-refractivity contribution in [1.82, 2.24) is 4.90 Å². The van der Waals surface area contributed by atoms with E-state index in [1.54, 1.807) is 0 Å². The van der Waals surface area contributed by atoms with Gasteiger partial charge in [0.15, 0.2) is 0 Å². The maximum absolute atomic E-state index is 13.4. The topological polar surface area (TPSA) is 52.7 Å². The van der Waals surface area contributed by atoms with Gasteiger partial charge in [0, 0.05) is 30.4 Å². The summed E-state index contributed by atoms with van der Waals surface area (Å²) in [6.45, 7) is 5.41. The van der Waals surface area contributed by atoms with E-state index >= 15 is 0 Å². The van der Waals surface area contributed by atoms with E-state index in [9.17, 15) is 9.59 Å². The van der Waals surface area contributed by atoms with E-state index in [1.165, 1.54) is 0 Å². The van der Waals surface area contributed by atoms with E-state index in [-0.39, 0.29) is 11.8 Å². The molecule has 1 aliphatic rings. The highest BCUT2D eigenvalue weighted by atomic mass is 16.2. The summed E-state index contributed by atoms with van der Waals surface area (Å²) in [5.41, 5.74) is 4.98. The maximum atomic E-state index is 13.4. The first-order chi connectivity index (χ1) is 16.5. The molecule has 0 spiro atoms. The monoisotopic (exact) mass is 455 g/mol. The van der Waals surface area contributed by atoms with Crippen LogP contribution in [0, 0.1) is 13.8 Å². The van der Waals surface area contributed by atoms with Crippen molar-refractivity contribution < 1.29 is 9.59 Å². The molecule has 1 aliphatic carbocycles. The van der Waals surface area contributed by atoms with Crippen LogP contribution in [-0.2, 0) is 16.1 Å². The molecule has 0 unspecified atom stereocenters. The van der Waals surface area contributed by atoms with Gasteiger partial charge in [-0.1, -0.05) is 66.7 Å². The van der Waals surface area contributed by atoms with Crippen LogP contribution in [0.4, 0.5) is 11.4 Å². The minimum atomic E-state index is -0.0269. The van der Waals surface area contributed by atoms with Gasteiger partial charge in [0.05, 0.1) is 13.1 Å². The lowest BCUT2D eigenvalue weighted by molar-refractivity contribution is -0.121. The summed E-state index contributed by atoms with van der Waals surface area (Å²) < 4.78 is 0. The molecule has 0 atom stereocenters. The Balaban J connectivity index is 1.40. The number of anilines is 2. The highest BCUT2D eigenvalue weighted by Gasteiger charge is 2.31. The standard InChI is InChI=1S/C29H33N3O2/c1-22-10-9-11-23(2)29(22)30-27(33)21-31(25-16-17-25)19-18-28(34)32(26-14-7-4-8-15-26)20-24-12-5-3-6-13-24/h3-15,25H,16-21H2,1-2H3,(H,30,33). The van der Waals surface area contributed by atoms with Crippen LogP contribution in [0.2, 0.25) is 0 Å². The largest absolute Gasteiger partial charge is 0.324 e. The van der Waals surface area contributed by atoms with Crippen molar-refractivity contribution in [2.45, 2.75) is 45.7 Å². The number of aryl methyl sites for hydroxylation is 2. The number of nitrogens with zero attached hydrogens (tertiary/aromatic N) is 2. The molecule has 1 N–H and O–H groups in total. The fourth-order valence-electron chi connectivity index (χ4n) is 4.28. The first-order valence-corrected chi connectivity index (χ1v) is 12.0. The Morgan fingerprint density at radius 2 is 1.47 bits per heavy atom. The van der Waals surface area contributed by atoms with Gasteiger partial charge in [-0.3, -0.25) is 14.5 Å². The lowest BCUT2D eigenvalue weighted by atomic mass is 10.1. The Morgan fingerprint density at radius 3 is 2.09 bits per heavy atom. The second kappa shape index (κ2) is 11.1. The Hall–Kier alpha value is -3.44. The fraction of sp³-hybridized carbons (Fsp3) is 0.310. The SMILES string of the molecule is Cc1cccc(C)c1NC(=O)CN(CCC(=O)N(Cc1ccccc1)c1ccccc1)C1CC1. The highest BCUT2D eigenvalue weighted by Crippen LogP contribution is 2.28. The third-order valence-electron chi connectivity index (χ3n) is 6.32. The number of hydrogen-bond donors (Lipinski definition) is 1. The molecule has 0 bridgehead atoms. The molecule has 1 fully saturated rings. The first-order valence-electron chi connectivity index (χ1n) is 12.0. The van der Waals surface area contributed by atoms with E-state index in [1.807, 2.05) is 97.6 Å². The summed E-state index contributed by atoms with van der Waals surface area (Å²) in [6.07, 6.45) is 2.53. The zero-order valence-corrected chi connectivity index (χ0v) is 20.0. The molecule has 3 aromatic carbocycles. The van der Waals surface area contributed by atoms with Crippen molar-refractivity contribution in [3.05, 3.63) is 95.6 Å². The lowest BCUT2D eigenvalue weighted by Gasteiger charge is -2.26. The van der Waals surface area contributed by atoms with Crippen LogP contribution in [0.25, 0.3) is 0 Å². The molecule has 0 heterocycles. The molecule has 5 heteroatoms. The molecule has 4 rings (SSSR count). The number of carbonyl (C=O) groups excluding carboxylic acids is 2. The number of amides is 2. The summed E-state index contributed by atoms with van der Waals surface area (Å²) >= 11 is 0. The summed E-state index contributed by atoms with van der Waals surface area (Å²) in [5.74, 6) is 0.0387. The van der Waals surface area contributed by atoms with Crippen molar-refractivity contribution in [2.75, 3.05) is 23.3 Å². The molecule has 5 nitrogen and oxygen atoms in total. The predicted molar refractivity (Wildman–Crippen MR) is 138 cm³/mol. The van der Waals surface area contributed by atoms with Crippen molar-refractivity contribution >= 4 is 23.2 Å². The number of carbonyl (C=O) groups is 2. The molecular weight excluding hydrogens is 422 g/mol. The number of hydrogen-bond acceptors (Lipinski definition) is 3. The molecular formula is C29H33N3O2. The van der Waals surface area contributed by atoms with Crippen molar-refractivity contribution in [1.29, 1.82) is 0 Å². The van der Waals surface area contributed by atoms with Crippen LogP contribution in [0.15, 0.2) is 78.9 Å². The summed E-state index contributed by atoms with van der Waals surface area (Å²) in [6, 6.07) is 26.2. The molecule has 0 radical (unpaired) electrons. The van der Waals surface area contributed by atoms with Crippen LogP contribution in [0.5, 0.6) is 0 Å². The van der Waals surface area contributed by atoms with E-state index in [0.717, 1.165) is 40.9 Å². The third kappa shape index (κ3) is 6.33. The molecule has 2 amide bonds. The lowest BCUT2D eigenvalue weighted by Crippen LogP contribution is -2.39. The quantitative estimate of drug-likeness (QED) is 0.450. The minimum Gasteiger partial charge on any atom is -0.324 e. The molecule has 0 saturated heterocycles. The van der Waals surface area contributed by atoms with Gasteiger partial charge in [-0.2, -0.15) is 0 Å². The zero-order chi connectivity index (χ0) is 23.9. The predicted octanol–water partition coefficient (Wildman–Crippen LogP) is 5.33. The van der Waals surface area contributed by atoms with Gasteiger partial charge in [0.1, 0.15) is 0 Å². The number of para-hydroxylation sites is 2. The van der Waals surface area contributed by atoms with E-state index in [0.29, 0.717) is 32.1 Å². The normalized spacial score (nSPS) is 13.0. The van der Waals surface area contributed by atoms with Gasteiger partial charge >= 0.3 is 0 Å². The van der Waals surface area contributed by atoms with Gasteiger partial charge in [0.25, 0.3) is 0 Å². The van der Waals surface area contributed by atoms with Crippen LogP contribution >= 0.6 is 0 Å². The number of rotatable bonds is 10. The van der Waals surface area contributed by atoms with Crippen LogP contribution in [0.1, 0.15) is 36.0 Å². The van der Waals surface area contributed by atoms with Gasteiger partial charge in [0.2, 0.25) is 11.8 Å². The fourth-order valence-corrected chi connectivity index (χ4v) is 4.28. The Bertz CT molecular complexity index is 1090. The molecule has 34 heavy (non-hydrogen) atoms. The van der Waals surface area contributed by atoms with Gasteiger partial charge in [-0.25, -0.2) is 0 Å². The summed E-state index contributed by atoms with van der Waals surface area (Å²) in [7, 11) is 0. The molecule has 176 valence electrons. The minimum absolute atomic E-state index is 0.0269. The highest BCUT2D eigenvalue weighted by molar-refractivity contribution is 5.94. The van der Waals surface area contributed by atoms with Gasteiger partial charge < -0.3 is 10.2 Å². The van der Waals surface area contributed by atoms with E-state index in [2.05, 4.69) is 10.2 Å². The molecule has 0 aromatic heterocycles. The molecule has 0 aliphatic heterocycles. The number of nitrogens with one attached hydrogen (secondary N) is 1. The number of benzene rings is 3. The smallest absolute Gasteiger partial charge is 0.238 e. The Labute approximate surface area is 202 Å². The summed E-state index contributed by atoms with van der Waals surface area (Å²) in [5, 5.41) is 3.08. The Morgan fingerprint density at radius 1 is 0.853 bits per heavy atom. The zero-order valence-electron chi connectivity index (χ0n) is 20.0. The van der Waals surface area contributed by atoms with Crippen LogP contribution < -0.4 is 10.2 Å². The van der Waals surface area contributed by atoms with Crippen molar-refractivity contribution in [3.8, 4) is 0 Å². The molecule has 1 saturated carbocycles. The van der Waals surface area contributed by atoms with E-state index < -0.39 is 0 Å². The second-order valence-corrected chi connectivity index (χ2v) is 9.07. The third-order valence-corrected chi connectivity index (χ3v) is 6.32. The summed E-state index contributed by atoms with van der Waals surface area (Å²) in [4.78, 5) is 30.2. The van der Waals surface area contributed by atoms with Crippen molar-refractivity contribution in [2.24, 2.45) is 0 Å². The van der Waals surface area contributed by atoms with Crippen molar-refractivity contribution in [3.63, 3.8) is 0 Å². The van der Waals surface area contributed by atoms with Crippen LogP contribution in [-0.4, -0.2) is 35.8 Å². The molecule has 3 aromatic rings. The van der Waals surface area contributed by atoms with Crippen LogP contribution in [0.3, 0.4) is 0 Å². The van der Waals surface area contributed by atoms with E-state index in [4.69, 9.17) is 0 Å². The maximum Gasteiger partial charge on any atom is 0.238 e. The Kier molecular flexibility index (Phi) is 7.76. The first kappa shape index (κ1) is 23.7. The average Bonchev–Trinajstić information content (AvgIpc) is 3.69. The van der Waals surface area contributed by atoms with Gasteiger partial charge in [-0.15, -0.1) is 0 Å². The average molecular weight is 456 g/mol.